The Bertz CT molecular complexity index is 1120. The van der Waals surface area contributed by atoms with Crippen molar-refractivity contribution in [3.63, 3.8) is 0 Å². The van der Waals surface area contributed by atoms with Crippen LogP contribution in [0, 0.1) is 0 Å². The zero-order chi connectivity index (χ0) is 21.5. The normalized spacial score (nSPS) is 10.6. The zero-order valence-corrected chi connectivity index (χ0v) is 17.5. The van der Waals surface area contributed by atoms with Crippen LogP contribution >= 0.6 is 0 Å². The number of anilines is 3. The second kappa shape index (κ2) is 9.71. The molecule has 0 saturated carbocycles. The van der Waals surface area contributed by atoms with Gasteiger partial charge in [0.2, 0.25) is 11.9 Å². The molecule has 0 bridgehead atoms. The lowest BCUT2D eigenvalue weighted by Crippen LogP contribution is -2.09. The Morgan fingerprint density at radius 3 is 2.58 bits per heavy atom. The summed E-state index contributed by atoms with van der Waals surface area (Å²) in [5.74, 6) is 2.87. The van der Waals surface area contributed by atoms with Crippen molar-refractivity contribution in [1.29, 1.82) is 0 Å². The third-order valence-electron chi connectivity index (χ3n) is 4.64. The lowest BCUT2D eigenvalue weighted by molar-refractivity contribution is 0.415. The standard InChI is InChI=1S/C23H24N6O2/c1-3-4-12-25-22-27-21(16-8-6-5-7-9-16)28-23(29-22)26-17-10-11-18(19(13-17)30-2)20-14-24-15-31-20/h5-11,13-15H,3-4,12H2,1-2H3,(H2,25,26,27,28,29). The summed E-state index contributed by atoms with van der Waals surface area (Å²) in [6.07, 6.45) is 5.17. The maximum Gasteiger partial charge on any atom is 0.232 e. The quantitative estimate of drug-likeness (QED) is 0.361. The van der Waals surface area contributed by atoms with E-state index in [9.17, 15) is 0 Å². The van der Waals surface area contributed by atoms with Gasteiger partial charge in [-0.2, -0.15) is 15.0 Å². The lowest BCUT2D eigenvalue weighted by Gasteiger charge is -2.12. The summed E-state index contributed by atoms with van der Waals surface area (Å²) >= 11 is 0. The third kappa shape index (κ3) is 4.98. The molecule has 0 aliphatic rings. The minimum atomic E-state index is 0.447. The molecule has 0 atom stereocenters. The maximum absolute atomic E-state index is 5.54. The fourth-order valence-corrected chi connectivity index (χ4v) is 3.05. The van der Waals surface area contributed by atoms with Crippen LogP contribution in [-0.4, -0.2) is 33.6 Å². The van der Waals surface area contributed by atoms with Gasteiger partial charge < -0.3 is 19.8 Å². The van der Waals surface area contributed by atoms with Gasteiger partial charge in [-0.3, -0.25) is 0 Å². The summed E-state index contributed by atoms with van der Waals surface area (Å²) in [7, 11) is 1.62. The second-order valence-corrected chi connectivity index (χ2v) is 6.86. The van der Waals surface area contributed by atoms with Crippen molar-refractivity contribution in [2.24, 2.45) is 0 Å². The van der Waals surface area contributed by atoms with Crippen LogP contribution in [0.5, 0.6) is 5.75 Å². The first-order valence-corrected chi connectivity index (χ1v) is 10.2. The molecule has 0 fully saturated rings. The van der Waals surface area contributed by atoms with Crippen LogP contribution in [0.1, 0.15) is 19.8 Å². The van der Waals surface area contributed by atoms with Crippen LogP contribution in [0.2, 0.25) is 0 Å². The molecule has 8 heteroatoms. The molecule has 8 nitrogen and oxygen atoms in total. The summed E-state index contributed by atoms with van der Waals surface area (Å²) in [5.41, 5.74) is 2.52. The Morgan fingerprint density at radius 1 is 1.00 bits per heavy atom. The number of aromatic nitrogens is 4. The molecule has 2 N–H and O–H groups in total. The van der Waals surface area contributed by atoms with Crippen molar-refractivity contribution >= 4 is 17.6 Å². The fourth-order valence-electron chi connectivity index (χ4n) is 3.05. The lowest BCUT2D eigenvalue weighted by atomic mass is 10.1. The van der Waals surface area contributed by atoms with Crippen molar-refractivity contribution in [1.82, 2.24) is 19.9 Å². The van der Waals surface area contributed by atoms with Crippen LogP contribution < -0.4 is 15.4 Å². The number of hydrogen-bond acceptors (Lipinski definition) is 8. The van der Waals surface area contributed by atoms with Gasteiger partial charge in [-0.1, -0.05) is 43.7 Å². The molecule has 0 amide bonds. The highest BCUT2D eigenvalue weighted by molar-refractivity contribution is 5.71. The molecule has 0 spiro atoms. The number of nitrogens with one attached hydrogen (secondary N) is 2. The molecular weight excluding hydrogens is 392 g/mol. The van der Waals surface area contributed by atoms with E-state index in [4.69, 9.17) is 9.15 Å². The SMILES string of the molecule is CCCCNc1nc(Nc2ccc(-c3cnco3)c(OC)c2)nc(-c2ccccc2)n1. The van der Waals surface area contributed by atoms with Gasteiger partial charge in [0.1, 0.15) is 5.75 Å². The number of oxazole rings is 1. The van der Waals surface area contributed by atoms with E-state index in [1.54, 1.807) is 13.3 Å². The van der Waals surface area contributed by atoms with Crippen LogP contribution in [0.3, 0.4) is 0 Å². The van der Waals surface area contributed by atoms with E-state index in [1.807, 2.05) is 48.5 Å². The van der Waals surface area contributed by atoms with E-state index in [2.05, 4.69) is 37.5 Å². The maximum atomic E-state index is 5.54. The Labute approximate surface area is 180 Å². The highest BCUT2D eigenvalue weighted by Gasteiger charge is 2.12. The molecule has 31 heavy (non-hydrogen) atoms. The number of ether oxygens (including phenoxy) is 1. The van der Waals surface area contributed by atoms with Crippen molar-refractivity contribution in [2.45, 2.75) is 19.8 Å². The average molecular weight is 416 g/mol. The van der Waals surface area contributed by atoms with Crippen molar-refractivity contribution in [3.05, 3.63) is 61.1 Å². The molecule has 4 rings (SSSR count). The van der Waals surface area contributed by atoms with Gasteiger partial charge >= 0.3 is 0 Å². The summed E-state index contributed by atoms with van der Waals surface area (Å²) < 4.78 is 10.9. The van der Waals surface area contributed by atoms with Crippen molar-refractivity contribution < 1.29 is 9.15 Å². The number of methoxy groups -OCH3 is 1. The van der Waals surface area contributed by atoms with Gasteiger partial charge in [-0.25, -0.2) is 4.98 Å². The van der Waals surface area contributed by atoms with E-state index in [1.165, 1.54) is 6.39 Å². The highest BCUT2D eigenvalue weighted by Crippen LogP contribution is 2.33. The Morgan fingerprint density at radius 2 is 1.84 bits per heavy atom. The first kappa shape index (κ1) is 20.3. The zero-order valence-electron chi connectivity index (χ0n) is 17.5. The van der Waals surface area contributed by atoms with E-state index in [0.717, 1.165) is 36.2 Å². The number of unbranched alkanes of at least 4 members (excludes halogenated alkanes) is 1. The monoisotopic (exact) mass is 416 g/mol. The molecule has 158 valence electrons. The molecule has 0 saturated heterocycles. The molecule has 4 aromatic rings. The largest absolute Gasteiger partial charge is 0.496 e. The van der Waals surface area contributed by atoms with Gasteiger partial charge in [-0.05, 0) is 18.6 Å². The average Bonchev–Trinajstić information content (AvgIpc) is 3.34. The Balaban J connectivity index is 1.64. The number of rotatable bonds is 9. The summed E-state index contributed by atoms with van der Waals surface area (Å²) in [4.78, 5) is 17.7. The van der Waals surface area contributed by atoms with E-state index in [-0.39, 0.29) is 0 Å². The third-order valence-corrected chi connectivity index (χ3v) is 4.64. The minimum absolute atomic E-state index is 0.447. The number of benzene rings is 2. The van der Waals surface area contributed by atoms with Crippen molar-refractivity contribution in [2.75, 3.05) is 24.3 Å². The first-order chi connectivity index (χ1) is 15.3. The molecule has 2 heterocycles. The minimum Gasteiger partial charge on any atom is -0.496 e. The molecule has 0 aliphatic carbocycles. The summed E-state index contributed by atoms with van der Waals surface area (Å²) in [6.45, 7) is 2.95. The Kier molecular flexibility index (Phi) is 6.37. The van der Waals surface area contributed by atoms with Crippen LogP contribution in [-0.2, 0) is 0 Å². The van der Waals surface area contributed by atoms with E-state index >= 15 is 0 Å². The topological polar surface area (TPSA) is 98.0 Å². The predicted octanol–water partition coefficient (Wildman–Crippen LogP) is 5.16. The number of hydrogen-bond donors (Lipinski definition) is 2. The van der Waals surface area contributed by atoms with Crippen LogP contribution in [0.25, 0.3) is 22.7 Å². The fraction of sp³-hybridized carbons (Fsp3) is 0.217. The van der Waals surface area contributed by atoms with Gasteiger partial charge in [0.05, 0.1) is 18.9 Å². The molecule has 2 aromatic heterocycles. The second-order valence-electron chi connectivity index (χ2n) is 6.86. The predicted molar refractivity (Wildman–Crippen MR) is 120 cm³/mol. The highest BCUT2D eigenvalue weighted by atomic mass is 16.5. The smallest absolute Gasteiger partial charge is 0.232 e. The van der Waals surface area contributed by atoms with E-state index in [0.29, 0.717) is 29.2 Å². The van der Waals surface area contributed by atoms with E-state index < -0.39 is 0 Å². The van der Waals surface area contributed by atoms with Gasteiger partial charge in [0.25, 0.3) is 0 Å². The summed E-state index contributed by atoms with van der Waals surface area (Å²) in [5, 5.41) is 6.55. The first-order valence-electron chi connectivity index (χ1n) is 10.2. The van der Waals surface area contributed by atoms with Gasteiger partial charge in [0.15, 0.2) is 18.0 Å². The summed E-state index contributed by atoms with van der Waals surface area (Å²) in [6, 6.07) is 15.5. The Hall–Kier alpha value is -3.94. The number of nitrogens with zero attached hydrogens (tertiary/aromatic N) is 4. The molecular formula is C23H24N6O2. The molecule has 0 aliphatic heterocycles. The molecule has 0 radical (unpaired) electrons. The van der Waals surface area contributed by atoms with Gasteiger partial charge in [0, 0.05) is 23.9 Å². The van der Waals surface area contributed by atoms with Crippen molar-refractivity contribution in [3.8, 4) is 28.5 Å². The molecule has 0 unspecified atom stereocenters. The van der Waals surface area contributed by atoms with Crippen LogP contribution in [0.15, 0.2) is 65.5 Å². The molecule has 2 aromatic carbocycles. The van der Waals surface area contributed by atoms with Crippen LogP contribution in [0.4, 0.5) is 17.6 Å². The van der Waals surface area contributed by atoms with Gasteiger partial charge in [-0.15, -0.1) is 0 Å².